The summed E-state index contributed by atoms with van der Waals surface area (Å²) >= 11 is 10.4. The Morgan fingerprint density at radius 1 is 1.57 bits per heavy atom. The van der Waals surface area contributed by atoms with Gasteiger partial charge in [0.15, 0.2) is 5.78 Å². The van der Waals surface area contributed by atoms with Crippen LogP contribution in [-0.2, 0) is 0 Å². The molecule has 1 heterocycles. The Kier molecular flexibility index (Phi) is 2.86. The first kappa shape index (κ1) is 10.5. The normalized spacial score (nSPS) is 20.8. The molecule has 1 aliphatic heterocycles. The number of fused-ring (bicyclic) bond motifs is 1. The molecule has 1 aromatic rings. The molecule has 0 fully saturated rings. The molecule has 5 heteroatoms. The molecule has 0 amide bonds. The summed E-state index contributed by atoms with van der Waals surface area (Å²) in [7, 11) is 0. The van der Waals surface area contributed by atoms with Gasteiger partial charge in [0, 0.05) is 16.2 Å². The van der Waals surface area contributed by atoms with Crippen molar-refractivity contribution in [3.05, 3.63) is 28.5 Å². The summed E-state index contributed by atoms with van der Waals surface area (Å²) in [5, 5.41) is 0.0667. The van der Waals surface area contributed by atoms with Crippen LogP contribution in [0.1, 0.15) is 10.4 Å². The van der Waals surface area contributed by atoms with Gasteiger partial charge in [0.2, 0.25) is 0 Å². The number of Topliss-reactive ketones (excluding diaryl/α,β-unsaturated/α-hetero) is 1. The van der Waals surface area contributed by atoms with Crippen molar-refractivity contribution in [3.8, 4) is 0 Å². The lowest BCUT2D eigenvalue weighted by Gasteiger charge is -2.18. The highest BCUT2D eigenvalue weighted by Gasteiger charge is 2.26. The fourth-order valence-corrected chi connectivity index (χ4v) is 3.11. The average Bonchev–Trinajstić information content (AvgIpc) is 2.15. The number of hydrogen-bond acceptors (Lipinski definition) is 2. The Labute approximate surface area is 98.1 Å². The first-order chi connectivity index (χ1) is 6.59. The molecular formula is C9H5BrClFOS. The highest BCUT2D eigenvalue weighted by Crippen LogP contribution is 2.35. The summed E-state index contributed by atoms with van der Waals surface area (Å²) in [5.41, 5.74) is 0.421. The standard InChI is InChI=1S/C9H5BrClFOS/c10-5-3-14-8-2-6(11)7(12)1-4(8)9(5)13/h1-2,5H,3H2. The van der Waals surface area contributed by atoms with E-state index in [0.717, 1.165) is 4.90 Å². The Balaban J connectivity index is 2.56. The molecule has 1 aliphatic rings. The van der Waals surface area contributed by atoms with E-state index < -0.39 is 5.82 Å². The van der Waals surface area contributed by atoms with Gasteiger partial charge in [-0.15, -0.1) is 11.8 Å². The minimum absolute atomic E-state index is 0.0667. The van der Waals surface area contributed by atoms with Crippen molar-refractivity contribution in [2.24, 2.45) is 0 Å². The van der Waals surface area contributed by atoms with Gasteiger partial charge >= 0.3 is 0 Å². The first-order valence-corrected chi connectivity index (χ1v) is 6.17. The Morgan fingerprint density at radius 3 is 3.00 bits per heavy atom. The number of hydrogen-bond donors (Lipinski definition) is 0. The van der Waals surface area contributed by atoms with Crippen LogP contribution >= 0.6 is 39.3 Å². The zero-order valence-electron chi connectivity index (χ0n) is 6.89. The minimum Gasteiger partial charge on any atom is -0.293 e. The Morgan fingerprint density at radius 2 is 2.29 bits per heavy atom. The highest BCUT2D eigenvalue weighted by molar-refractivity contribution is 9.10. The minimum atomic E-state index is -0.541. The topological polar surface area (TPSA) is 17.1 Å². The van der Waals surface area contributed by atoms with Crippen LogP contribution in [0.5, 0.6) is 0 Å². The SMILES string of the molecule is O=C1c2cc(F)c(Cl)cc2SCC1Br. The third kappa shape index (κ3) is 1.71. The fourth-order valence-electron chi connectivity index (χ4n) is 1.25. The van der Waals surface area contributed by atoms with Crippen LogP contribution in [0.15, 0.2) is 17.0 Å². The van der Waals surface area contributed by atoms with Crippen LogP contribution in [0.2, 0.25) is 5.02 Å². The molecule has 1 aromatic carbocycles. The third-order valence-electron chi connectivity index (χ3n) is 1.96. The predicted molar refractivity (Wildman–Crippen MR) is 59.2 cm³/mol. The predicted octanol–water partition coefficient (Wildman–Crippen LogP) is 3.53. The van der Waals surface area contributed by atoms with Crippen molar-refractivity contribution < 1.29 is 9.18 Å². The largest absolute Gasteiger partial charge is 0.293 e. The van der Waals surface area contributed by atoms with E-state index in [-0.39, 0.29) is 15.6 Å². The molecule has 74 valence electrons. The van der Waals surface area contributed by atoms with Crippen LogP contribution in [0.3, 0.4) is 0 Å². The molecule has 0 saturated carbocycles. The molecular weight excluding hydrogens is 291 g/mol. The van der Waals surface area contributed by atoms with Crippen molar-refractivity contribution >= 4 is 45.1 Å². The summed E-state index contributed by atoms with van der Waals surface area (Å²) in [6.45, 7) is 0. The van der Waals surface area contributed by atoms with Crippen molar-refractivity contribution in [2.45, 2.75) is 9.72 Å². The Hall–Kier alpha value is -0.0600. The second kappa shape index (κ2) is 3.83. The number of benzene rings is 1. The van der Waals surface area contributed by atoms with E-state index in [1.165, 1.54) is 23.9 Å². The summed E-state index contributed by atoms with van der Waals surface area (Å²) in [4.78, 5) is 12.1. The molecule has 1 atom stereocenters. The molecule has 2 rings (SSSR count). The van der Waals surface area contributed by atoms with E-state index in [0.29, 0.717) is 11.3 Å². The molecule has 0 aliphatic carbocycles. The van der Waals surface area contributed by atoms with Gasteiger partial charge < -0.3 is 0 Å². The number of alkyl halides is 1. The highest BCUT2D eigenvalue weighted by atomic mass is 79.9. The van der Waals surface area contributed by atoms with Gasteiger partial charge in [0.25, 0.3) is 0 Å². The summed E-state index contributed by atoms with van der Waals surface area (Å²) < 4.78 is 13.1. The van der Waals surface area contributed by atoms with E-state index in [2.05, 4.69) is 15.9 Å². The maximum atomic E-state index is 13.1. The molecule has 1 unspecified atom stereocenters. The summed E-state index contributed by atoms with van der Waals surface area (Å²) in [6.07, 6.45) is 0. The lowest BCUT2D eigenvalue weighted by molar-refractivity contribution is 0.0992. The molecule has 0 radical (unpaired) electrons. The van der Waals surface area contributed by atoms with Gasteiger partial charge in [-0.2, -0.15) is 0 Å². The molecule has 1 nitrogen and oxygen atoms in total. The number of ketones is 1. The van der Waals surface area contributed by atoms with Gasteiger partial charge in [0.1, 0.15) is 5.82 Å². The molecule has 0 N–H and O–H groups in total. The summed E-state index contributed by atoms with van der Waals surface area (Å²) in [5.74, 6) is 0.0450. The number of carbonyl (C=O) groups excluding carboxylic acids is 1. The Bertz CT molecular complexity index is 410. The summed E-state index contributed by atoms with van der Waals surface area (Å²) in [6, 6.07) is 2.72. The average molecular weight is 296 g/mol. The van der Waals surface area contributed by atoms with Gasteiger partial charge in [-0.25, -0.2) is 4.39 Å². The van der Waals surface area contributed by atoms with Crippen LogP contribution in [-0.4, -0.2) is 16.4 Å². The lowest BCUT2D eigenvalue weighted by Crippen LogP contribution is -2.22. The van der Waals surface area contributed by atoms with Crippen molar-refractivity contribution in [1.29, 1.82) is 0 Å². The van der Waals surface area contributed by atoms with E-state index in [4.69, 9.17) is 11.6 Å². The van der Waals surface area contributed by atoms with E-state index >= 15 is 0 Å². The maximum absolute atomic E-state index is 13.1. The second-order valence-electron chi connectivity index (χ2n) is 2.91. The molecule has 14 heavy (non-hydrogen) atoms. The number of carbonyl (C=O) groups is 1. The number of halogens is 3. The molecule has 0 aromatic heterocycles. The van der Waals surface area contributed by atoms with Gasteiger partial charge in [-0.1, -0.05) is 27.5 Å². The third-order valence-corrected chi connectivity index (χ3v) is 4.56. The van der Waals surface area contributed by atoms with E-state index in [9.17, 15) is 9.18 Å². The fraction of sp³-hybridized carbons (Fsp3) is 0.222. The van der Waals surface area contributed by atoms with Gasteiger partial charge in [0.05, 0.1) is 9.85 Å². The molecule has 0 saturated heterocycles. The monoisotopic (exact) mass is 294 g/mol. The number of rotatable bonds is 0. The first-order valence-electron chi connectivity index (χ1n) is 3.89. The van der Waals surface area contributed by atoms with Crippen molar-refractivity contribution in [1.82, 2.24) is 0 Å². The molecule has 0 bridgehead atoms. The maximum Gasteiger partial charge on any atom is 0.178 e. The van der Waals surface area contributed by atoms with Crippen LogP contribution in [0.4, 0.5) is 4.39 Å². The van der Waals surface area contributed by atoms with E-state index in [1.807, 2.05) is 0 Å². The quantitative estimate of drug-likeness (QED) is 0.681. The van der Waals surface area contributed by atoms with Gasteiger partial charge in [-0.05, 0) is 12.1 Å². The lowest BCUT2D eigenvalue weighted by atomic mass is 10.1. The van der Waals surface area contributed by atoms with Crippen LogP contribution < -0.4 is 0 Å². The van der Waals surface area contributed by atoms with Crippen molar-refractivity contribution in [3.63, 3.8) is 0 Å². The smallest absolute Gasteiger partial charge is 0.178 e. The number of thioether (sulfide) groups is 1. The zero-order chi connectivity index (χ0) is 10.3. The van der Waals surface area contributed by atoms with Crippen LogP contribution in [0.25, 0.3) is 0 Å². The second-order valence-corrected chi connectivity index (χ2v) is 5.48. The zero-order valence-corrected chi connectivity index (χ0v) is 10.0. The van der Waals surface area contributed by atoms with Crippen molar-refractivity contribution in [2.75, 3.05) is 5.75 Å². The van der Waals surface area contributed by atoms with E-state index in [1.54, 1.807) is 0 Å². The molecule has 0 spiro atoms. The van der Waals surface area contributed by atoms with Gasteiger partial charge in [-0.3, -0.25) is 4.79 Å². The van der Waals surface area contributed by atoms with Crippen LogP contribution in [0, 0.1) is 5.82 Å².